The number of benzene rings is 3. The number of amides is 1. The van der Waals surface area contributed by atoms with E-state index in [4.69, 9.17) is 9.47 Å². The van der Waals surface area contributed by atoms with Crippen LogP contribution in [0.4, 0.5) is 0 Å². The van der Waals surface area contributed by atoms with Crippen molar-refractivity contribution in [1.82, 2.24) is 10.3 Å². The molecule has 0 spiro atoms. The molecule has 0 aliphatic heterocycles. The first-order valence-corrected chi connectivity index (χ1v) is 12.9. The average Bonchev–Trinajstić information content (AvgIpc) is 3.32. The molecule has 188 valence electrons. The minimum atomic E-state index is -0.424. The van der Waals surface area contributed by atoms with Crippen molar-refractivity contribution in [3.05, 3.63) is 99.2 Å². The smallest absolute Gasteiger partial charge is 0.261 e. The van der Waals surface area contributed by atoms with Crippen LogP contribution in [0.15, 0.2) is 76.9 Å². The Bertz CT molecular complexity index is 1470. The maximum Gasteiger partial charge on any atom is 0.261 e. The van der Waals surface area contributed by atoms with E-state index in [9.17, 15) is 10.1 Å². The summed E-state index contributed by atoms with van der Waals surface area (Å²) in [6, 6.07) is 21.8. The number of nitrogens with zero attached hydrogens (tertiary/aromatic N) is 1. The van der Waals surface area contributed by atoms with Gasteiger partial charge in [0.05, 0.1) is 6.61 Å². The van der Waals surface area contributed by atoms with Crippen molar-refractivity contribution in [2.45, 2.75) is 26.9 Å². The molecular weight excluding hydrogens is 530 g/mol. The molecule has 0 bridgehead atoms. The van der Waals surface area contributed by atoms with Gasteiger partial charge in [0.15, 0.2) is 11.5 Å². The standard InChI is InChI=1S/C30H28BrN3O3/c1-3-36-28-15-23(26(31)16-29(28)37-19-21-10-8-20(2)9-11-21)14-24(17-32)30(35)33-13-12-22-18-34-27-7-5-4-6-25(22)27/h4-11,14-16,18,34H,3,12-13,19H2,1-2H3,(H,33,35)/b24-14-. The second-order valence-corrected chi connectivity index (χ2v) is 9.42. The van der Waals surface area contributed by atoms with Crippen molar-refractivity contribution in [3.63, 3.8) is 0 Å². The number of carbonyl (C=O) groups excluding carboxylic acids is 1. The van der Waals surface area contributed by atoms with Crippen molar-refractivity contribution in [3.8, 4) is 17.6 Å². The maximum absolute atomic E-state index is 12.8. The Morgan fingerprint density at radius 3 is 2.62 bits per heavy atom. The fourth-order valence-electron chi connectivity index (χ4n) is 3.94. The molecule has 0 saturated carbocycles. The van der Waals surface area contributed by atoms with Gasteiger partial charge in [0, 0.05) is 28.1 Å². The van der Waals surface area contributed by atoms with Crippen LogP contribution in [-0.2, 0) is 17.8 Å². The molecule has 2 N–H and O–H groups in total. The first kappa shape index (κ1) is 26.1. The molecule has 0 radical (unpaired) electrons. The molecule has 7 heteroatoms. The van der Waals surface area contributed by atoms with Crippen LogP contribution in [-0.4, -0.2) is 24.0 Å². The number of nitriles is 1. The second-order valence-electron chi connectivity index (χ2n) is 8.56. The Balaban J connectivity index is 1.45. The number of hydrogen-bond acceptors (Lipinski definition) is 4. The minimum Gasteiger partial charge on any atom is -0.490 e. The highest BCUT2D eigenvalue weighted by Gasteiger charge is 2.14. The predicted molar refractivity (Wildman–Crippen MR) is 149 cm³/mol. The molecule has 0 atom stereocenters. The number of rotatable bonds is 10. The zero-order valence-electron chi connectivity index (χ0n) is 20.8. The van der Waals surface area contributed by atoms with E-state index in [0.717, 1.165) is 22.0 Å². The topological polar surface area (TPSA) is 87.1 Å². The zero-order chi connectivity index (χ0) is 26.2. The average molecular weight is 558 g/mol. The molecule has 4 aromatic rings. The van der Waals surface area contributed by atoms with Crippen molar-refractivity contribution < 1.29 is 14.3 Å². The fourth-order valence-corrected chi connectivity index (χ4v) is 4.37. The number of ether oxygens (including phenoxy) is 2. The van der Waals surface area contributed by atoms with Gasteiger partial charge in [-0.25, -0.2) is 0 Å². The van der Waals surface area contributed by atoms with E-state index in [1.165, 1.54) is 5.56 Å². The van der Waals surface area contributed by atoms with E-state index in [-0.39, 0.29) is 5.57 Å². The summed E-state index contributed by atoms with van der Waals surface area (Å²) in [4.78, 5) is 16.0. The highest BCUT2D eigenvalue weighted by Crippen LogP contribution is 2.35. The Morgan fingerprint density at radius 2 is 1.86 bits per heavy atom. The predicted octanol–water partition coefficient (Wildman–Crippen LogP) is 6.48. The Hall–Kier alpha value is -4.02. The summed E-state index contributed by atoms with van der Waals surface area (Å²) < 4.78 is 12.5. The highest BCUT2D eigenvalue weighted by atomic mass is 79.9. The summed E-state index contributed by atoms with van der Waals surface area (Å²) in [5, 5.41) is 13.7. The van der Waals surface area contributed by atoms with Crippen molar-refractivity contribution in [1.29, 1.82) is 5.26 Å². The summed E-state index contributed by atoms with van der Waals surface area (Å²) in [6.07, 6.45) is 4.16. The van der Waals surface area contributed by atoms with Gasteiger partial charge in [-0.1, -0.05) is 64.0 Å². The van der Waals surface area contributed by atoms with Gasteiger partial charge < -0.3 is 19.8 Å². The number of aromatic amines is 1. The van der Waals surface area contributed by atoms with Crippen molar-refractivity contribution in [2.75, 3.05) is 13.2 Å². The number of aryl methyl sites for hydroxylation is 1. The van der Waals surface area contributed by atoms with Crippen LogP contribution in [0.1, 0.15) is 29.2 Å². The Kier molecular flexibility index (Phi) is 8.65. The van der Waals surface area contributed by atoms with Crippen LogP contribution in [0.3, 0.4) is 0 Å². The number of hydrogen-bond donors (Lipinski definition) is 2. The summed E-state index contributed by atoms with van der Waals surface area (Å²) in [7, 11) is 0. The van der Waals surface area contributed by atoms with Crippen molar-refractivity contribution in [2.24, 2.45) is 0 Å². The third-order valence-corrected chi connectivity index (χ3v) is 6.58. The zero-order valence-corrected chi connectivity index (χ0v) is 22.4. The van der Waals surface area contributed by atoms with Gasteiger partial charge in [-0.15, -0.1) is 0 Å². The number of fused-ring (bicyclic) bond motifs is 1. The van der Waals surface area contributed by atoms with E-state index in [0.29, 0.717) is 47.7 Å². The molecule has 37 heavy (non-hydrogen) atoms. The molecular formula is C30H28BrN3O3. The third kappa shape index (κ3) is 6.60. The van der Waals surface area contributed by atoms with E-state index in [2.05, 4.69) is 26.2 Å². The fraction of sp³-hybridized carbons (Fsp3) is 0.200. The van der Waals surface area contributed by atoms with Crippen molar-refractivity contribution >= 4 is 38.8 Å². The van der Waals surface area contributed by atoms with Crippen LogP contribution in [0, 0.1) is 18.3 Å². The lowest BCUT2D eigenvalue weighted by Gasteiger charge is -2.14. The summed E-state index contributed by atoms with van der Waals surface area (Å²) in [6.45, 7) is 5.19. The van der Waals surface area contributed by atoms with Gasteiger partial charge in [0.2, 0.25) is 0 Å². The first-order valence-electron chi connectivity index (χ1n) is 12.1. The number of halogens is 1. The van der Waals surface area contributed by atoms with Crippen LogP contribution in [0.2, 0.25) is 0 Å². The number of carbonyl (C=O) groups is 1. The van der Waals surface area contributed by atoms with E-state index in [1.807, 2.05) is 74.6 Å². The van der Waals surface area contributed by atoms with Gasteiger partial charge >= 0.3 is 0 Å². The summed E-state index contributed by atoms with van der Waals surface area (Å²) in [5.41, 5.74) is 5.06. The first-order chi connectivity index (χ1) is 18.0. The lowest BCUT2D eigenvalue weighted by atomic mass is 10.1. The molecule has 0 aliphatic rings. The highest BCUT2D eigenvalue weighted by molar-refractivity contribution is 9.10. The van der Waals surface area contributed by atoms with E-state index in [1.54, 1.807) is 18.2 Å². The number of H-pyrrole nitrogens is 1. The van der Waals surface area contributed by atoms with E-state index >= 15 is 0 Å². The Labute approximate surface area is 225 Å². The maximum atomic E-state index is 12.8. The molecule has 4 rings (SSSR count). The van der Waals surface area contributed by atoms with Gasteiger partial charge in [0.1, 0.15) is 18.2 Å². The van der Waals surface area contributed by atoms with Gasteiger partial charge in [-0.05, 0) is 61.2 Å². The summed E-state index contributed by atoms with van der Waals surface area (Å²) in [5.74, 6) is 0.695. The monoisotopic (exact) mass is 557 g/mol. The quantitative estimate of drug-likeness (QED) is 0.172. The minimum absolute atomic E-state index is 0.00963. The Morgan fingerprint density at radius 1 is 1.11 bits per heavy atom. The van der Waals surface area contributed by atoms with Crippen LogP contribution >= 0.6 is 15.9 Å². The molecule has 6 nitrogen and oxygen atoms in total. The molecule has 0 saturated heterocycles. The SMILES string of the molecule is CCOc1cc(/C=C(/C#N)C(=O)NCCc2c[nH]c3ccccc23)c(Br)cc1OCc1ccc(C)cc1. The lowest BCUT2D eigenvalue weighted by Crippen LogP contribution is -2.26. The molecule has 1 aromatic heterocycles. The second kappa shape index (κ2) is 12.3. The number of aromatic nitrogens is 1. The van der Waals surface area contributed by atoms with E-state index < -0.39 is 5.91 Å². The van der Waals surface area contributed by atoms with Crippen LogP contribution in [0.25, 0.3) is 17.0 Å². The molecule has 3 aromatic carbocycles. The third-order valence-electron chi connectivity index (χ3n) is 5.90. The number of nitrogens with one attached hydrogen (secondary N) is 2. The normalized spacial score (nSPS) is 11.2. The van der Waals surface area contributed by atoms with Crippen LogP contribution in [0.5, 0.6) is 11.5 Å². The molecule has 0 fully saturated rings. The molecule has 1 amide bonds. The number of para-hydroxylation sites is 1. The lowest BCUT2D eigenvalue weighted by molar-refractivity contribution is -0.117. The molecule has 0 unspecified atom stereocenters. The van der Waals surface area contributed by atoms with Gasteiger partial charge in [-0.3, -0.25) is 4.79 Å². The summed E-state index contributed by atoms with van der Waals surface area (Å²) >= 11 is 3.55. The molecule has 0 aliphatic carbocycles. The van der Waals surface area contributed by atoms with Gasteiger partial charge in [-0.2, -0.15) is 5.26 Å². The molecule has 1 heterocycles. The van der Waals surface area contributed by atoms with Crippen LogP contribution < -0.4 is 14.8 Å². The largest absolute Gasteiger partial charge is 0.490 e. The van der Waals surface area contributed by atoms with Gasteiger partial charge in [0.25, 0.3) is 5.91 Å².